The first-order valence-corrected chi connectivity index (χ1v) is 6.56. The topological polar surface area (TPSA) is 27.1 Å². The predicted molar refractivity (Wildman–Crippen MR) is 74.6 cm³/mol. The third kappa shape index (κ3) is 2.75. The molecule has 0 spiro atoms. The number of thiol groups is 1. The number of amidine groups is 1. The van der Waals surface area contributed by atoms with Crippen LogP contribution in [0.5, 0.6) is 0 Å². The van der Waals surface area contributed by atoms with E-state index in [1.165, 1.54) is 12.8 Å². The number of hydrazone groups is 1. The molecule has 1 unspecified atom stereocenters. The van der Waals surface area contributed by atoms with Gasteiger partial charge in [0.25, 0.3) is 0 Å². The minimum Gasteiger partial charge on any atom is -0.241 e. The van der Waals surface area contributed by atoms with Gasteiger partial charge in [-0.3, -0.25) is 0 Å². The van der Waals surface area contributed by atoms with Crippen molar-refractivity contribution in [2.24, 2.45) is 0 Å². The molecule has 0 aliphatic carbocycles. The number of hydrogen-bond acceptors (Lipinski definition) is 2. The summed E-state index contributed by atoms with van der Waals surface area (Å²) in [6, 6.07) is 10.2. The van der Waals surface area contributed by atoms with E-state index in [4.69, 9.17) is 0 Å². The van der Waals surface area contributed by atoms with E-state index in [2.05, 4.69) is 49.4 Å². The molecule has 0 radical (unpaired) electrons. The Morgan fingerprint density at radius 2 is 2.00 bits per heavy atom. The molecule has 1 aromatic carbocycles. The quantitative estimate of drug-likeness (QED) is 0.566. The van der Waals surface area contributed by atoms with Crippen molar-refractivity contribution in [2.75, 3.05) is 0 Å². The molecule has 0 bridgehead atoms. The first-order chi connectivity index (χ1) is 8.14. The summed E-state index contributed by atoms with van der Waals surface area (Å²) in [7, 11) is 0. The van der Waals surface area contributed by atoms with Crippen LogP contribution in [0.1, 0.15) is 33.1 Å². The van der Waals surface area contributed by atoms with E-state index in [9.17, 15) is 0 Å². The summed E-state index contributed by atoms with van der Waals surface area (Å²) >= 11 is 4.50. The lowest BCUT2D eigenvalue weighted by atomic mass is 10.1. The van der Waals surface area contributed by atoms with E-state index in [-0.39, 0.29) is 5.66 Å². The molecule has 1 heterocycles. The molecule has 0 saturated carbocycles. The highest BCUT2D eigenvalue weighted by atomic mass is 32.1. The predicted octanol–water partition coefficient (Wildman–Crippen LogP) is 2.63. The van der Waals surface area contributed by atoms with Gasteiger partial charge in [0, 0.05) is 13.3 Å². The van der Waals surface area contributed by atoms with Crippen LogP contribution in [0.2, 0.25) is 0 Å². The molecule has 2 N–H and O–H groups in total. The van der Waals surface area contributed by atoms with Crippen LogP contribution in [0, 0.1) is 0 Å². The first kappa shape index (κ1) is 12.3. The third-order valence-electron chi connectivity index (χ3n) is 3.00. The van der Waals surface area contributed by atoms with Crippen molar-refractivity contribution in [1.82, 2.24) is 10.7 Å². The Morgan fingerprint density at radius 3 is 2.65 bits per heavy atom. The lowest BCUT2D eigenvalue weighted by Gasteiger charge is -2.19. The van der Waals surface area contributed by atoms with Gasteiger partial charge in [0.2, 0.25) is 5.66 Å². The van der Waals surface area contributed by atoms with Crippen LogP contribution in [0.3, 0.4) is 0 Å². The van der Waals surface area contributed by atoms with Gasteiger partial charge in [-0.2, -0.15) is 0 Å². The van der Waals surface area contributed by atoms with Gasteiger partial charge < -0.3 is 0 Å². The van der Waals surface area contributed by atoms with Crippen molar-refractivity contribution in [3.05, 3.63) is 30.3 Å². The maximum absolute atomic E-state index is 4.50. The average molecular weight is 250 g/mol. The van der Waals surface area contributed by atoms with E-state index in [1.807, 2.05) is 22.9 Å². The third-order valence-corrected chi connectivity index (χ3v) is 3.31. The Morgan fingerprint density at radius 1 is 1.29 bits per heavy atom. The van der Waals surface area contributed by atoms with Crippen LogP contribution in [0.25, 0.3) is 0 Å². The van der Waals surface area contributed by atoms with E-state index >= 15 is 0 Å². The molecule has 0 aromatic heterocycles. The normalized spacial score (nSPS) is 23.5. The molecule has 3 nitrogen and oxygen atoms in total. The second-order valence-electron chi connectivity index (χ2n) is 4.67. The molecule has 92 valence electrons. The number of hydrazine groups is 1. The number of para-hydroxylation sites is 1. The highest BCUT2D eigenvalue weighted by molar-refractivity contribution is 7.96. The largest absolute Gasteiger partial charge is 0.333 e. The summed E-state index contributed by atoms with van der Waals surface area (Å²) in [6.45, 7) is 4.38. The number of rotatable bonds is 4. The van der Waals surface area contributed by atoms with Crippen LogP contribution in [0.15, 0.2) is 30.3 Å². The van der Waals surface area contributed by atoms with Crippen molar-refractivity contribution < 1.29 is 4.68 Å². The minimum atomic E-state index is -0.0943. The minimum absolute atomic E-state index is 0.0943. The van der Waals surface area contributed by atoms with Crippen molar-refractivity contribution in [2.45, 2.75) is 38.8 Å². The Labute approximate surface area is 108 Å². The van der Waals surface area contributed by atoms with E-state index in [0.29, 0.717) is 0 Å². The maximum atomic E-state index is 4.50. The molecule has 1 aliphatic rings. The molecule has 0 saturated heterocycles. The smallest absolute Gasteiger partial charge is 0.241 e. The zero-order valence-corrected chi connectivity index (χ0v) is 11.3. The Bertz CT molecular complexity index is 416. The van der Waals surface area contributed by atoms with Gasteiger partial charge in [-0.1, -0.05) is 44.2 Å². The zero-order valence-electron chi connectivity index (χ0n) is 10.4. The van der Waals surface area contributed by atoms with Gasteiger partial charge in [-0.15, -0.1) is 4.68 Å². The average Bonchev–Trinajstić information content (AvgIpc) is 2.64. The zero-order chi connectivity index (χ0) is 12.3. The molecular weight excluding hydrogens is 230 g/mol. The number of benzene rings is 1. The van der Waals surface area contributed by atoms with Gasteiger partial charge in [-0.25, -0.2) is 10.7 Å². The second-order valence-corrected chi connectivity index (χ2v) is 5.09. The molecule has 0 fully saturated rings. The highest BCUT2D eigenvalue weighted by Gasteiger charge is 2.39. The fourth-order valence-electron chi connectivity index (χ4n) is 2.04. The van der Waals surface area contributed by atoms with E-state index in [1.54, 1.807) is 0 Å². The number of nitrogens with one attached hydrogen (secondary N) is 2. The molecule has 4 heteroatoms. The van der Waals surface area contributed by atoms with Gasteiger partial charge in [0.1, 0.15) is 0 Å². The van der Waals surface area contributed by atoms with Gasteiger partial charge >= 0.3 is 5.17 Å². The van der Waals surface area contributed by atoms with Crippen LogP contribution in [0.4, 0.5) is 5.69 Å². The Kier molecular flexibility index (Phi) is 3.62. The van der Waals surface area contributed by atoms with Gasteiger partial charge in [0.05, 0.1) is 0 Å². The molecule has 1 atom stereocenters. The van der Waals surface area contributed by atoms with Gasteiger partial charge in [0.15, 0.2) is 5.69 Å². The molecule has 1 aliphatic heterocycles. The van der Waals surface area contributed by atoms with E-state index in [0.717, 1.165) is 17.3 Å². The summed E-state index contributed by atoms with van der Waals surface area (Å²) in [5.41, 5.74) is 4.48. The van der Waals surface area contributed by atoms with Crippen molar-refractivity contribution in [3.63, 3.8) is 0 Å². The Hall–Kier alpha value is -1.16. The van der Waals surface area contributed by atoms with Crippen LogP contribution < -0.4 is 10.7 Å². The summed E-state index contributed by atoms with van der Waals surface area (Å²) in [6.07, 6.45) is 3.48. The lowest BCUT2D eigenvalue weighted by molar-refractivity contribution is -0.508. The van der Waals surface area contributed by atoms with Crippen LogP contribution in [-0.4, -0.2) is 15.5 Å². The summed E-state index contributed by atoms with van der Waals surface area (Å²) in [5.74, 6) is 0. The maximum Gasteiger partial charge on any atom is 0.333 e. The number of unbranched alkanes of at least 4 members (excludes halogenated alkanes) is 1. The van der Waals surface area contributed by atoms with Crippen LogP contribution in [-0.2, 0) is 0 Å². The van der Waals surface area contributed by atoms with Crippen molar-refractivity contribution in [3.8, 4) is 0 Å². The molecule has 17 heavy (non-hydrogen) atoms. The van der Waals surface area contributed by atoms with Crippen molar-refractivity contribution in [1.29, 1.82) is 0 Å². The van der Waals surface area contributed by atoms with Crippen molar-refractivity contribution >= 4 is 23.5 Å². The lowest BCUT2D eigenvalue weighted by Crippen LogP contribution is -2.49. The fraction of sp³-hybridized carbons (Fsp3) is 0.462. The number of nitrogens with zero attached hydrogens (tertiary/aromatic N) is 1. The molecule has 1 aromatic rings. The van der Waals surface area contributed by atoms with Gasteiger partial charge in [-0.05, 0) is 18.6 Å². The summed E-state index contributed by atoms with van der Waals surface area (Å²) < 4.78 is 2.00. The fourth-order valence-corrected chi connectivity index (χ4v) is 2.46. The van der Waals surface area contributed by atoms with E-state index < -0.39 is 0 Å². The summed E-state index contributed by atoms with van der Waals surface area (Å²) in [4.78, 5) is 0. The van der Waals surface area contributed by atoms with Crippen LogP contribution >= 0.6 is 12.6 Å². The standard InChI is InChI=1S/C13H19N3S/c1-3-4-10-13(2)14-12(17)16(15-13)11-8-6-5-7-9-11/h5-9,15H,3-4,10H2,1-2H3,(H,14,17)/p+1. The molecular formula is C13H20N3S+. The highest BCUT2D eigenvalue weighted by Crippen LogP contribution is 2.20. The summed E-state index contributed by atoms with van der Waals surface area (Å²) in [5, 5.41) is 4.27. The SMILES string of the molecule is CCCCC1(C)NC(S)=[N+](c2ccccc2)N1. The molecule has 2 rings (SSSR count). The second kappa shape index (κ2) is 5.00. The monoisotopic (exact) mass is 250 g/mol. The Balaban J connectivity index is 2.13. The first-order valence-electron chi connectivity index (χ1n) is 6.12. The number of hydrogen-bond donors (Lipinski definition) is 3. The molecule has 0 amide bonds.